The summed E-state index contributed by atoms with van der Waals surface area (Å²) in [6.45, 7) is 3.45. The maximum absolute atomic E-state index is 13.6. The Bertz CT molecular complexity index is 1540. The molecule has 0 unspecified atom stereocenters. The highest BCUT2D eigenvalue weighted by Crippen LogP contribution is 2.31. The number of nitro groups is 1. The first-order valence-corrected chi connectivity index (χ1v) is 11.3. The lowest BCUT2D eigenvalue weighted by molar-refractivity contribution is -0.385. The highest BCUT2D eigenvalue weighted by Gasteiger charge is 2.33. The lowest BCUT2D eigenvalue weighted by Gasteiger charge is -2.24. The molecule has 0 bridgehead atoms. The van der Waals surface area contributed by atoms with Crippen LogP contribution in [-0.2, 0) is 9.53 Å². The molecule has 3 aromatic rings. The van der Waals surface area contributed by atoms with E-state index in [1.54, 1.807) is 19.9 Å². The number of ether oxygens (including phenoxy) is 2. The first-order chi connectivity index (χ1) is 16.7. The number of carbonyl (C=O) groups excluding carboxylic acids is 1. The van der Waals surface area contributed by atoms with Crippen LogP contribution in [0, 0.1) is 15.9 Å². The summed E-state index contributed by atoms with van der Waals surface area (Å²) < 4.78 is 25.5. The number of halogens is 1. The van der Waals surface area contributed by atoms with Crippen molar-refractivity contribution >= 4 is 29.1 Å². The van der Waals surface area contributed by atoms with Crippen molar-refractivity contribution in [2.75, 3.05) is 13.7 Å². The van der Waals surface area contributed by atoms with E-state index in [1.165, 1.54) is 54.2 Å². The molecule has 1 aliphatic heterocycles. The minimum absolute atomic E-state index is 0.0969. The predicted octanol–water partition coefficient (Wildman–Crippen LogP) is 2.85. The van der Waals surface area contributed by atoms with Crippen molar-refractivity contribution in [3.05, 3.63) is 100 Å². The standard InChI is InChI=1S/C24H20FN3O6S/c1-4-34-23(30)20-13(2)26-24-27(21(20)15-6-8-16(25)9-7-15)22(29)19(35-24)12-14-5-10-18(33-3)17(11-14)28(31)32/h5-12,21H,4H2,1-3H3/b19-12-/t21-/m0/s1. The molecule has 1 aliphatic rings. The topological polar surface area (TPSA) is 113 Å². The number of aromatic nitrogens is 1. The Kier molecular flexibility index (Phi) is 6.61. The Hall–Kier alpha value is -4.12. The third-order valence-corrected chi connectivity index (χ3v) is 6.38. The van der Waals surface area contributed by atoms with Crippen LogP contribution in [-0.4, -0.2) is 29.2 Å². The summed E-state index contributed by atoms with van der Waals surface area (Å²) in [5.41, 5.74) is 0.802. The summed E-state index contributed by atoms with van der Waals surface area (Å²) in [7, 11) is 1.33. The number of fused-ring (bicyclic) bond motifs is 1. The van der Waals surface area contributed by atoms with Crippen LogP contribution in [0.3, 0.4) is 0 Å². The Morgan fingerprint density at radius 1 is 1.29 bits per heavy atom. The van der Waals surface area contributed by atoms with E-state index in [0.29, 0.717) is 21.6 Å². The summed E-state index contributed by atoms with van der Waals surface area (Å²) in [6.07, 6.45) is 1.52. The summed E-state index contributed by atoms with van der Waals surface area (Å²) in [6, 6.07) is 8.98. The number of rotatable bonds is 6. The molecule has 180 valence electrons. The third kappa shape index (κ3) is 4.50. The van der Waals surface area contributed by atoms with E-state index in [1.807, 2.05) is 0 Å². The molecular formula is C24H20FN3O6S. The second-order valence-electron chi connectivity index (χ2n) is 7.54. The van der Waals surface area contributed by atoms with Gasteiger partial charge in [-0.2, -0.15) is 0 Å². The number of benzene rings is 2. The minimum atomic E-state index is -0.877. The number of carbonyl (C=O) groups is 1. The van der Waals surface area contributed by atoms with Crippen molar-refractivity contribution in [2.45, 2.75) is 19.9 Å². The van der Waals surface area contributed by atoms with Gasteiger partial charge in [-0.25, -0.2) is 14.2 Å². The van der Waals surface area contributed by atoms with Crippen LogP contribution in [0.2, 0.25) is 0 Å². The van der Waals surface area contributed by atoms with Crippen LogP contribution >= 0.6 is 11.3 Å². The Balaban J connectivity index is 1.93. The zero-order valence-corrected chi connectivity index (χ0v) is 19.8. The maximum atomic E-state index is 13.6. The van der Waals surface area contributed by atoms with Crippen molar-refractivity contribution in [3.63, 3.8) is 0 Å². The number of esters is 1. The molecule has 0 saturated heterocycles. The van der Waals surface area contributed by atoms with E-state index in [4.69, 9.17) is 9.47 Å². The highest BCUT2D eigenvalue weighted by atomic mass is 32.1. The zero-order valence-electron chi connectivity index (χ0n) is 19.0. The van der Waals surface area contributed by atoms with Crippen molar-refractivity contribution in [1.82, 2.24) is 4.57 Å². The van der Waals surface area contributed by atoms with E-state index in [0.717, 1.165) is 11.3 Å². The molecule has 9 nitrogen and oxygen atoms in total. The van der Waals surface area contributed by atoms with Crippen molar-refractivity contribution < 1.29 is 23.6 Å². The van der Waals surface area contributed by atoms with Gasteiger partial charge in [0.25, 0.3) is 5.56 Å². The number of thiazole rings is 1. The molecule has 11 heteroatoms. The quantitative estimate of drug-likeness (QED) is 0.294. The summed E-state index contributed by atoms with van der Waals surface area (Å²) in [5.74, 6) is -0.983. The van der Waals surface area contributed by atoms with Gasteiger partial charge in [-0.15, -0.1) is 0 Å². The average Bonchev–Trinajstić information content (AvgIpc) is 3.13. The van der Waals surface area contributed by atoms with Gasteiger partial charge < -0.3 is 9.47 Å². The Morgan fingerprint density at radius 2 is 2.00 bits per heavy atom. The number of nitro benzene ring substituents is 1. The second kappa shape index (κ2) is 9.63. The van der Waals surface area contributed by atoms with Gasteiger partial charge in [-0.3, -0.25) is 19.5 Å². The first-order valence-electron chi connectivity index (χ1n) is 10.5. The average molecular weight is 498 g/mol. The molecule has 1 aromatic heterocycles. The summed E-state index contributed by atoms with van der Waals surface area (Å²) in [4.78, 5) is 42.0. The summed E-state index contributed by atoms with van der Waals surface area (Å²) in [5, 5.41) is 11.4. The fraction of sp³-hybridized carbons (Fsp3) is 0.208. The molecule has 1 atom stereocenters. The van der Waals surface area contributed by atoms with Crippen molar-refractivity contribution in [1.29, 1.82) is 0 Å². The van der Waals surface area contributed by atoms with Crippen LogP contribution in [0.15, 0.2) is 63.5 Å². The van der Waals surface area contributed by atoms with Crippen LogP contribution in [0.25, 0.3) is 6.08 Å². The van der Waals surface area contributed by atoms with E-state index in [-0.39, 0.29) is 28.1 Å². The van der Waals surface area contributed by atoms with Gasteiger partial charge in [-0.05, 0) is 49.2 Å². The first kappa shape index (κ1) is 24.0. The fourth-order valence-electron chi connectivity index (χ4n) is 3.84. The van der Waals surface area contributed by atoms with Gasteiger partial charge in [0.15, 0.2) is 10.6 Å². The molecule has 4 rings (SSSR count). The van der Waals surface area contributed by atoms with Crippen LogP contribution in [0.5, 0.6) is 5.75 Å². The lowest BCUT2D eigenvalue weighted by Crippen LogP contribution is -2.39. The number of nitrogens with zero attached hydrogens (tertiary/aromatic N) is 3. The van der Waals surface area contributed by atoms with Gasteiger partial charge in [0.2, 0.25) is 0 Å². The number of allylic oxidation sites excluding steroid dienone is 1. The molecule has 2 aromatic carbocycles. The number of hydrogen-bond acceptors (Lipinski definition) is 8. The molecular weight excluding hydrogens is 477 g/mol. The van der Waals surface area contributed by atoms with Crippen LogP contribution in [0.4, 0.5) is 10.1 Å². The second-order valence-corrected chi connectivity index (χ2v) is 8.55. The van der Waals surface area contributed by atoms with E-state index in [2.05, 4.69) is 4.99 Å². The molecule has 2 heterocycles. The Labute approximate surface area is 202 Å². The minimum Gasteiger partial charge on any atom is -0.490 e. The molecule has 0 saturated carbocycles. The van der Waals surface area contributed by atoms with Crippen LogP contribution < -0.4 is 19.6 Å². The van der Waals surface area contributed by atoms with E-state index >= 15 is 0 Å². The zero-order chi connectivity index (χ0) is 25.3. The summed E-state index contributed by atoms with van der Waals surface area (Å²) >= 11 is 1.08. The number of hydrogen-bond donors (Lipinski definition) is 0. The fourth-order valence-corrected chi connectivity index (χ4v) is 4.89. The molecule has 0 fully saturated rings. The molecule has 0 N–H and O–H groups in total. The van der Waals surface area contributed by atoms with Gasteiger partial charge in [0.05, 0.1) is 40.5 Å². The largest absolute Gasteiger partial charge is 0.490 e. The predicted molar refractivity (Wildman–Crippen MR) is 126 cm³/mol. The Morgan fingerprint density at radius 3 is 2.63 bits per heavy atom. The maximum Gasteiger partial charge on any atom is 0.338 e. The monoisotopic (exact) mass is 497 g/mol. The van der Waals surface area contributed by atoms with Crippen LogP contribution in [0.1, 0.15) is 31.0 Å². The number of methoxy groups -OCH3 is 1. The normalized spacial score (nSPS) is 15.4. The highest BCUT2D eigenvalue weighted by molar-refractivity contribution is 7.07. The molecule has 0 amide bonds. The van der Waals surface area contributed by atoms with E-state index in [9.17, 15) is 24.1 Å². The van der Waals surface area contributed by atoms with Crippen molar-refractivity contribution in [2.24, 2.45) is 4.99 Å². The molecule has 0 radical (unpaired) electrons. The molecule has 35 heavy (non-hydrogen) atoms. The third-order valence-electron chi connectivity index (χ3n) is 5.40. The van der Waals surface area contributed by atoms with Gasteiger partial charge in [-0.1, -0.05) is 29.5 Å². The molecule has 0 aliphatic carbocycles. The van der Waals surface area contributed by atoms with Gasteiger partial charge >= 0.3 is 11.7 Å². The lowest BCUT2D eigenvalue weighted by atomic mass is 9.96. The van der Waals surface area contributed by atoms with E-state index < -0.39 is 28.3 Å². The SMILES string of the molecule is CCOC(=O)C1=C(C)N=c2s/c(=C\c3ccc(OC)c([N+](=O)[O-])c3)c(=O)n2[C@H]1c1ccc(F)cc1. The molecule has 0 spiro atoms. The van der Waals surface area contributed by atoms with Gasteiger partial charge in [0.1, 0.15) is 5.82 Å². The van der Waals surface area contributed by atoms with Crippen molar-refractivity contribution in [3.8, 4) is 5.75 Å². The smallest absolute Gasteiger partial charge is 0.338 e. The van der Waals surface area contributed by atoms with Gasteiger partial charge in [0, 0.05) is 6.07 Å².